The molecule has 1 N–H and O–H groups in total. The van der Waals surface area contributed by atoms with Gasteiger partial charge < -0.3 is 19.7 Å². The van der Waals surface area contributed by atoms with Crippen LogP contribution in [-0.4, -0.2) is 72.9 Å². The summed E-state index contributed by atoms with van der Waals surface area (Å²) in [7, 11) is 7.00. The Hall–Kier alpha value is -2.00. The highest BCUT2D eigenvalue weighted by molar-refractivity contribution is 5.85. The molecule has 168 valence electrons. The Morgan fingerprint density at radius 3 is 2.40 bits per heavy atom. The van der Waals surface area contributed by atoms with E-state index >= 15 is 0 Å². The number of hydrogen-bond acceptors (Lipinski definition) is 6. The fourth-order valence-electron chi connectivity index (χ4n) is 3.58. The number of methoxy groups -OCH3 is 2. The van der Waals surface area contributed by atoms with E-state index in [4.69, 9.17) is 9.47 Å². The van der Waals surface area contributed by atoms with Crippen LogP contribution in [0.1, 0.15) is 17.2 Å². The molecule has 0 spiro atoms. The van der Waals surface area contributed by atoms with Gasteiger partial charge in [-0.15, -0.1) is 24.8 Å². The summed E-state index contributed by atoms with van der Waals surface area (Å²) in [6.45, 7) is 3.79. The van der Waals surface area contributed by atoms with E-state index in [0.717, 1.165) is 42.3 Å². The average molecular weight is 460 g/mol. The minimum absolute atomic E-state index is 0. The highest BCUT2D eigenvalue weighted by Crippen LogP contribution is 2.26. The fourth-order valence-corrected chi connectivity index (χ4v) is 3.58. The molecule has 1 aromatic heterocycles. The smallest absolute Gasteiger partial charge is 0.244 e. The van der Waals surface area contributed by atoms with Crippen LogP contribution in [0.3, 0.4) is 0 Å². The fraction of sp³-hybridized carbons (Fsp3) is 0.500. The molecule has 10 heteroatoms. The molecule has 1 atom stereocenters. The SMILES string of the molecule is CNC(C(=O)N1CCN(Cc2cc(OC)ccc2OC)CC1)c1cnn(C)c1.Cl.Cl. The van der Waals surface area contributed by atoms with Gasteiger partial charge in [0, 0.05) is 57.1 Å². The van der Waals surface area contributed by atoms with Crippen molar-refractivity contribution in [1.82, 2.24) is 24.9 Å². The lowest BCUT2D eigenvalue weighted by Gasteiger charge is -2.36. The van der Waals surface area contributed by atoms with E-state index in [2.05, 4.69) is 15.3 Å². The first kappa shape index (κ1) is 26.0. The van der Waals surface area contributed by atoms with Gasteiger partial charge in [-0.25, -0.2) is 0 Å². The number of nitrogens with zero attached hydrogens (tertiary/aromatic N) is 4. The van der Waals surface area contributed by atoms with Crippen molar-refractivity contribution in [3.05, 3.63) is 41.7 Å². The van der Waals surface area contributed by atoms with E-state index in [1.54, 1.807) is 32.1 Å². The van der Waals surface area contributed by atoms with E-state index in [9.17, 15) is 4.79 Å². The molecule has 0 bridgehead atoms. The molecule has 0 aliphatic carbocycles. The van der Waals surface area contributed by atoms with Crippen molar-refractivity contribution in [2.45, 2.75) is 12.6 Å². The lowest BCUT2D eigenvalue weighted by Crippen LogP contribution is -2.51. The van der Waals surface area contributed by atoms with Gasteiger partial charge in [-0.05, 0) is 25.2 Å². The number of ether oxygens (including phenoxy) is 2. The van der Waals surface area contributed by atoms with Gasteiger partial charge in [0.05, 0.1) is 20.4 Å². The van der Waals surface area contributed by atoms with E-state index in [1.165, 1.54) is 0 Å². The maximum atomic E-state index is 13.0. The molecule has 2 heterocycles. The van der Waals surface area contributed by atoms with Crippen molar-refractivity contribution in [2.24, 2.45) is 7.05 Å². The topological polar surface area (TPSA) is 71.9 Å². The molecule has 0 radical (unpaired) electrons. The zero-order chi connectivity index (χ0) is 20.1. The first-order chi connectivity index (χ1) is 13.5. The maximum Gasteiger partial charge on any atom is 0.244 e. The standard InChI is InChI=1S/C20H29N5O3.2ClH/c1-21-19(16-12-22-23(2)13-16)20(26)25-9-7-24(8-10-25)14-15-11-17(27-3)5-6-18(15)28-4;;/h5-6,11-13,19,21H,7-10,14H2,1-4H3;2*1H. The summed E-state index contributed by atoms with van der Waals surface area (Å²) < 4.78 is 12.5. The summed E-state index contributed by atoms with van der Waals surface area (Å²) in [5.74, 6) is 1.76. The van der Waals surface area contributed by atoms with Gasteiger partial charge in [0.25, 0.3) is 0 Å². The lowest BCUT2D eigenvalue weighted by molar-refractivity contribution is -0.135. The molecule has 2 aromatic rings. The van der Waals surface area contributed by atoms with Gasteiger partial charge in [-0.3, -0.25) is 14.4 Å². The number of amides is 1. The molecule has 1 aliphatic rings. The quantitative estimate of drug-likeness (QED) is 0.681. The average Bonchev–Trinajstić information content (AvgIpc) is 3.14. The number of rotatable bonds is 7. The predicted octanol–water partition coefficient (Wildman–Crippen LogP) is 1.89. The van der Waals surface area contributed by atoms with Crippen LogP contribution in [0, 0.1) is 0 Å². The monoisotopic (exact) mass is 459 g/mol. The molecule has 30 heavy (non-hydrogen) atoms. The normalized spacial score (nSPS) is 15.0. The van der Waals surface area contributed by atoms with Crippen LogP contribution < -0.4 is 14.8 Å². The third-order valence-corrected chi connectivity index (χ3v) is 5.16. The van der Waals surface area contributed by atoms with E-state index in [-0.39, 0.29) is 36.8 Å². The predicted molar refractivity (Wildman–Crippen MR) is 121 cm³/mol. The number of aryl methyl sites for hydroxylation is 1. The third-order valence-electron chi connectivity index (χ3n) is 5.16. The Balaban J connectivity index is 0.00000225. The van der Waals surface area contributed by atoms with Crippen LogP contribution in [0.15, 0.2) is 30.6 Å². The summed E-state index contributed by atoms with van der Waals surface area (Å²) in [6.07, 6.45) is 3.62. The molecule has 1 saturated heterocycles. The summed E-state index contributed by atoms with van der Waals surface area (Å²) >= 11 is 0. The van der Waals surface area contributed by atoms with Crippen molar-refractivity contribution in [1.29, 1.82) is 0 Å². The van der Waals surface area contributed by atoms with Crippen molar-refractivity contribution in [3.8, 4) is 11.5 Å². The molecule has 0 saturated carbocycles. The number of carbonyl (C=O) groups is 1. The van der Waals surface area contributed by atoms with Crippen LogP contribution in [-0.2, 0) is 18.4 Å². The number of halogens is 2. The van der Waals surface area contributed by atoms with Crippen molar-refractivity contribution in [3.63, 3.8) is 0 Å². The second kappa shape index (κ2) is 12.0. The Morgan fingerprint density at radius 2 is 1.87 bits per heavy atom. The molecular formula is C20H31Cl2N5O3. The van der Waals surface area contributed by atoms with E-state index in [1.807, 2.05) is 36.3 Å². The number of nitrogens with one attached hydrogen (secondary N) is 1. The Morgan fingerprint density at radius 1 is 1.17 bits per heavy atom. The molecule has 8 nitrogen and oxygen atoms in total. The van der Waals surface area contributed by atoms with Gasteiger partial charge in [0.1, 0.15) is 17.5 Å². The van der Waals surface area contributed by atoms with Crippen LogP contribution in [0.4, 0.5) is 0 Å². The van der Waals surface area contributed by atoms with Crippen molar-refractivity contribution in [2.75, 3.05) is 47.4 Å². The number of aromatic nitrogens is 2. The number of likely N-dealkylation sites (N-methyl/N-ethyl adjacent to an activating group) is 1. The van der Waals surface area contributed by atoms with Crippen LogP contribution >= 0.6 is 24.8 Å². The van der Waals surface area contributed by atoms with E-state index in [0.29, 0.717) is 13.1 Å². The maximum absolute atomic E-state index is 13.0. The summed E-state index contributed by atoms with van der Waals surface area (Å²) in [5, 5.41) is 7.30. The first-order valence-electron chi connectivity index (χ1n) is 9.43. The number of hydrogen-bond donors (Lipinski definition) is 1. The minimum Gasteiger partial charge on any atom is -0.497 e. The largest absolute Gasteiger partial charge is 0.497 e. The summed E-state index contributed by atoms with van der Waals surface area (Å²) in [4.78, 5) is 17.2. The zero-order valence-corrected chi connectivity index (χ0v) is 19.5. The van der Waals surface area contributed by atoms with Crippen LogP contribution in [0.25, 0.3) is 0 Å². The highest BCUT2D eigenvalue weighted by atomic mass is 35.5. The molecule has 3 rings (SSSR count). The van der Waals surface area contributed by atoms with Crippen molar-refractivity contribution < 1.29 is 14.3 Å². The Bertz CT molecular complexity index is 809. The zero-order valence-electron chi connectivity index (χ0n) is 17.8. The van der Waals surface area contributed by atoms with Gasteiger partial charge in [-0.1, -0.05) is 0 Å². The molecule has 1 unspecified atom stereocenters. The molecule has 1 amide bonds. The molecule has 1 fully saturated rings. The van der Waals surface area contributed by atoms with Gasteiger partial charge in [-0.2, -0.15) is 5.10 Å². The number of piperazine rings is 1. The second-order valence-electron chi connectivity index (χ2n) is 6.95. The minimum atomic E-state index is -0.362. The van der Waals surface area contributed by atoms with E-state index < -0.39 is 0 Å². The lowest BCUT2D eigenvalue weighted by atomic mass is 10.1. The summed E-state index contributed by atoms with van der Waals surface area (Å²) in [5.41, 5.74) is 1.98. The Kier molecular flexibility index (Phi) is 10.4. The Labute approximate surface area is 190 Å². The number of benzene rings is 1. The van der Waals surface area contributed by atoms with Crippen LogP contribution in [0.5, 0.6) is 11.5 Å². The van der Waals surface area contributed by atoms with Gasteiger partial charge >= 0.3 is 0 Å². The third kappa shape index (κ3) is 6.01. The summed E-state index contributed by atoms with van der Waals surface area (Å²) in [6, 6.07) is 5.48. The molecular weight excluding hydrogens is 429 g/mol. The van der Waals surface area contributed by atoms with Gasteiger partial charge in [0.15, 0.2) is 0 Å². The number of carbonyl (C=O) groups excluding carboxylic acids is 1. The van der Waals surface area contributed by atoms with Crippen molar-refractivity contribution >= 4 is 30.7 Å². The highest BCUT2D eigenvalue weighted by Gasteiger charge is 2.28. The molecule has 1 aromatic carbocycles. The molecule has 1 aliphatic heterocycles. The first-order valence-corrected chi connectivity index (χ1v) is 9.43. The van der Waals surface area contributed by atoms with Crippen LogP contribution in [0.2, 0.25) is 0 Å². The second-order valence-corrected chi connectivity index (χ2v) is 6.95. The van der Waals surface area contributed by atoms with Gasteiger partial charge in [0.2, 0.25) is 5.91 Å².